The average Bonchev–Trinajstić information content (AvgIpc) is 3.06. The summed E-state index contributed by atoms with van der Waals surface area (Å²) in [6.45, 7) is 0.529. The Morgan fingerprint density at radius 1 is 1.16 bits per heavy atom. The Morgan fingerprint density at radius 2 is 1.96 bits per heavy atom. The third-order valence-electron chi connectivity index (χ3n) is 3.78. The maximum atomic E-state index is 12.5. The van der Waals surface area contributed by atoms with Gasteiger partial charge in [-0.1, -0.05) is 11.6 Å². The molecule has 1 aliphatic heterocycles. The highest BCUT2D eigenvalue weighted by Crippen LogP contribution is 2.28. The van der Waals surface area contributed by atoms with Crippen LogP contribution in [-0.4, -0.2) is 29.3 Å². The molecule has 0 aliphatic carbocycles. The molecule has 0 atom stereocenters. The van der Waals surface area contributed by atoms with E-state index < -0.39 is 11.8 Å². The number of benzene rings is 1. The predicted octanol–water partition coefficient (Wildman–Crippen LogP) is 1.94. The van der Waals surface area contributed by atoms with E-state index in [-0.39, 0.29) is 11.5 Å². The second kappa shape index (κ2) is 7.31. The third kappa shape index (κ3) is 3.77. The van der Waals surface area contributed by atoms with Gasteiger partial charge in [0.1, 0.15) is 0 Å². The van der Waals surface area contributed by atoms with Crippen molar-refractivity contribution in [3.63, 3.8) is 0 Å². The summed E-state index contributed by atoms with van der Waals surface area (Å²) in [5.41, 5.74) is 5.68. The van der Waals surface area contributed by atoms with Gasteiger partial charge < -0.3 is 4.90 Å². The molecule has 7 nitrogen and oxygen atoms in total. The number of aromatic nitrogens is 1. The van der Waals surface area contributed by atoms with Crippen LogP contribution < -0.4 is 15.8 Å². The van der Waals surface area contributed by atoms with Gasteiger partial charge in [-0.2, -0.15) is 0 Å². The Morgan fingerprint density at radius 3 is 2.64 bits per heavy atom. The van der Waals surface area contributed by atoms with Crippen LogP contribution in [0.1, 0.15) is 33.6 Å². The molecule has 1 fully saturated rings. The molecule has 1 aromatic heterocycles. The number of anilines is 1. The van der Waals surface area contributed by atoms with Gasteiger partial charge in [-0.3, -0.25) is 30.2 Å². The maximum absolute atomic E-state index is 12.5. The van der Waals surface area contributed by atoms with Crippen molar-refractivity contribution in [3.05, 3.63) is 58.9 Å². The first kappa shape index (κ1) is 16.9. The van der Waals surface area contributed by atoms with Crippen molar-refractivity contribution in [1.29, 1.82) is 0 Å². The third-order valence-corrected chi connectivity index (χ3v) is 4.02. The Hall–Kier alpha value is -2.93. The second-order valence-electron chi connectivity index (χ2n) is 5.46. The minimum absolute atomic E-state index is 0.0595. The van der Waals surface area contributed by atoms with Crippen molar-refractivity contribution in [2.24, 2.45) is 0 Å². The number of amides is 3. The van der Waals surface area contributed by atoms with Crippen LogP contribution >= 0.6 is 11.6 Å². The normalized spacial score (nSPS) is 13.6. The number of carbonyl (C=O) groups excluding carboxylic acids is 3. The number of nitrogens with zero attached hydrogens (tertiary/aromatic N) is 2. The molecule has 128 valence electrons. The predicted molar refractivity (Wildman–Crippen MR) is 92.2 cm³/mol. The zero-order chi connectivity index (χ0) is 17.8. The van der Waals surface area contributed by atoms with Crippen molar-refractivity contribution >= 4 is 35.0 Å². The fourth-order valence-corrected chi connectivity index (χ4v) is 2.74. The molecule has 25 heavy (non-hydrogen) atoms. The molecule has 0 radical (unpaired) electrons. The largest absolute Gasteiger partial charge is 0.312 e. The van der Waals surface area contributed by atoms with Crippen LogP contribution in [0.4, 0.5) is 5.69 Å². The van der Waals surface area contributed by atoms with Gasteiger partial charge in [0, 0.05) is 30.4 Å². The van der Waals surface area contributed by atoms with Crippen LogP contribution in [0.15, 0.2) is 42.7 Å². The van der Waals surface area contributed by atoms with Crippen molar-refractivity contribution < 1.29 is 14.4 Å². The van der Waals surface area contributed by atoms with Gasteiger partial charge >= 0.3 is 0 Å². The molecule has 1 aliphatic rings. The molecule has 0 bridgehead atoms. The minimum Gasteiger partial charge on any atom is -0.312 e. The van der Waals surface area contributed by atoms with Gasteiger partial charge in [0.2, 0.25) is 5.91 Å². The average molecular weight is 359 g/mol. The lowest BCUT2D eigenvalue weighted by Crippen LogP contribution is -2.42. The molecule has 2 N–H and O–H groups in total. The maximum Gasteiger partial charge on any atom is 0.271 e. The Kier molecular flexibility index (Phi) is 4.95. The second-order valence-corrected chi connectivity index (χ2v) is 5.90. The fourth-order valence-electron chi connectivity index (χ4n) is 2.57. The number of halogens is 1. The molecule has 0 unspecified atom stereocenters. The lowest BCUT2D eigenvalue weighted by atomic mass is 10.1. The first-order chi connectivity index (χ1) is 12.1. The lowest BCUT2D eigenvalue weighted by molar-refractivity contribution is -0.117. The number of pyridine rings is 1. The summed E-state index contributed by atoms with van der Waals surface area (Å²) in [7, 11) is 0. The minimum atomic E-state index is -0.538. The van der Waals surface area contributed by atoms with Crippen molar-refractivity contribution in [2.75, 3.05) is 11.4 Å². The zero-order valence-corrected chi connectivity index (χ0v) is 13.9. The molecule has 1 aromatic carbocycles. The van der Waals surface area contributed by atoms with Crippen LogP contribution in [0.2, 0.25) is 5.02 Å². The number of hydrogen-bond acceptors (Lipinski definition) is 4. The molecule has 8 heteroatoms. The van der Waals surface area contributed by atoms with E-state index >= 15 is 0 Å². The standard InChI is InChI=1S/C17H15ClN4O3/c18-12-5-6-13(14(9-12)22-8-2-4-15(22)23)17(25)21-20-16(24)11-3-1-7-19-10-11/h1,3,5-7,9-10H,2,4,8H2,(H,20,24)(H,21,25). The SMILES string of the molecule is O=C(NNC(=O)c1ccc(Cl)cc1N1CCCC1=O)c1cccnc1. The quantitative estimate of drug-likeness (QED) is 0.820. The molecule has 0 spiro atoms. The Labute approximate surface area is 149 Å². The molecule has 1 saturated heterocycles. The number of hydrogen-bond donors (Lipinski definition) is 2. The van der Waals surface area contributed by atoms with E-state index in [0.29, 0.717) is 29.2 Å². The monoisotopic (exact) mass is 358 g/mol. The number of rotatable bonds is 3. The summed E-state index contributed by atoms with van der Waals surface area (Å²) in [5, 5.41) is 0.422. The number of nitrogens with one attached hydrogen (secondary N) is 2. The van der Waals surface area contributed by atoms with E-state index in [1.165, 1.54) is 17.2 Å². The van der Waals surface area contributed by atoms with Gasteiger partial charge in [-0.25, -0.2) is 0 Å². The lowest BCUT2D eigenvalue weighted by Gasteiger charge is -2.19. The van der Waals surface area contributed by atoms with Gasteiger partial charge in [-0.05, 0) is 36.8 Å². The summed E-state index contributed by atoms with van der Waals surface area (Å²) in [6.07, 6.45) is 4.09. The highest BCUT2D eigenvalue weighted by Gasteiger charge is 2.26. The summed E-state index contributed by atoms with van der Waals surface area (Å²) >= 11 is 6.01. The summed E-state index contributed by atoms with van der Waals surface area (Å²) < 4.78 is 0. The van der Waals surface area contributed by atoms with E-state index in [9.17, 15) is 14.4 Å². The topological polar surface area (TPSA) is 91.4 Å². The summed E-state index contributed by atoms with van der Waals surface area (Å²) in [6, 6.07) is 7.85. The van der Waals surface area contributed by atoms with Crippen LogP contribution in [0.5, 0.6) is 0 Å². The summed E-state index contributed by atoms with van der Waals surface area (Å²) in [5.74, 6) is -1.09. The zero-order valence-electron chi connectivity index (χ0n) is 13.2. The molecule has 2 heterocycles. The van der Waals surface area contributed by atoms with Gasteiger partial charge in [-0.15, -0.1) is 0 Å². The van der Waals surface area contributed by atoms with Gasteiger partial charge in [0.05, 0.1) is 16.8 Å². The van der Waals surface area contributed by atoms with Gasteiger partial charge in [0.25, 0.3) is 11.8 Å². The van der Waals surface area contributed by atoms with Crippen molar-refractivity contribution in [3.8, 4) is 0 Å². The summed E-state index contributed by atoms with van der Waals surface area (Å²) in [4.78, 5) is 41.8. The first-order valence-electron chi connectivity index (χ1n) is 7.67. The van der Waals surface area contributed by atoms with E-state index in [2.05, 4.69) is 15.8 Å². The van der Waals surface area contributed by atoms with E-state index in [4.69, 9.17) is 11.6 Å². The molecule has 3 amide bonds. The van der Waals surface area contributed by atoms with Gasteiger partial charge in [0.15, 0.2) is 0 Å². The number of hydrazine groups is 1. The van der Waals surface area contributed by atoms with Crippen molar-refractivity contribution in [2.45, 2.75) is 12.8 Å². The molecule has 2 aromatic rings. The molecular formula is C17H15ClN4O3. The fraction of sp³-hybridized carbons (Fsp3) is 0.176. The first-order valence-corrected chi connectivity index (χ1v) is 8.04. The van der Waals surface area contributed by atoms with Crippen LogP contribution in [0.25, 0.3) is 0 Å². The van der Waals surface area contributed by atoms with Crippen LogP contribution in [0, 0.1) is 0 Å². The number of carbonyl (C=O) groups is 3. The van der Waals surface area contributed by atoms with E-state index in [1.54, 1.807) is 30.5 Å². The van der Waals surface area contributed by atoms with Crippen LogP contribution in [-0.2, 0) is 4.79 Å². The molecule has 0 saturated carbocycles. The highest BCUT2D eigenvalue weighted by molar-refractivity contribution is 6.31. The van der Waals surface area contributed by atoms with E-state index in [0.717, 1.165) is 6.42 Å². The van der Waals surface area contributed by atoms with Crippen LogP contribution in [0.3, 0.4) is 0 Å². The Bertz CT molecular complexity index is 826. The molecule has 3 rings (SSSR count). The van der Waals surface area contributed by atoms with Crippen molar-refractivity contribution in [1.82, 2.24) is 15.8 Å². The highest BCUT2D eigenvalue weighted by atomic mass is 35.5. The smallest absolute Gasteiger partial charge is 0.271 e. The molecular weight excluding hydrogens is 344 g/mol. The Balaban J connectivity index is 1.76. The van der Waals surface area contributed by atoms with E-state index in [1.807, 2.05) is 0 Å².